The second-order valence-electron chi connectivity index (χ2n) is 4.43. The third kappa shape index (κ3) is 4.11. The molecule has 0 atom stereocenters. The van der Waals surface area contributed by atoms with Gasteiger partial charge in [0.1, 0.15) is 12.5 Å². The number of amides is 2. The van der Waals surface area contributed by atoms with E-state index in [-0.39, 0.29) is 12.8 Å². The molecule has 1 aliphatic heterocycles. The molecule has 2 rings (SSSR count). The maximum atomic E-state index is 11.8. The summed E-state index contributed by atoms with van der Waals surface area (Å²) in [6.45, 7) is 2.07. The van der Waals surface area contributed by atoms with Crippen molar-refractivity contribution in [3.05, 3.63) is 23.8 Å². The predicted octanol–water partition coefficient (Wildman–Crippen LogP) is 1.75. The monoisotopic (exact) mass is 280 g/mol. The summed E-state index contributed by atoms with van der Waals surface area (Å²) in [5.74, 6) is 0.857. The van der Waals surface area contributed by atoms with E-state index in [9.17, 15) is 4.79 Å². The van der Waals surface area contributed by atoms with Gasteiger partial charge in [-0.15, -0.1) is 0 Å². The molecule has 6 nitrogen and oxygen atoms in total. The van der Waals surface area contributed by atoms with Crippen LogP contribution in [0.3, 0.4) is 0 Å². The zero-order chi connectivity index (χ0) is 14.2. The summed E-state index contributed by atoms with van der Waals surface area (Å²) in [4.78, 5) is 11.8. The average molecular weight is 280 g/mol. The van der Waals surface area contributed by atoms with Gasteiger partial charge in [-0.1, -0.05) is 6.07 Å². The number of anilines is 1. The van der Waals surface area contributed by atoms with Crippen LogP contribution in [0.4, 0.5) is 10.5 Å². The Hall–Kier alpha value is -1.79. The maximum absolute atomic E-state index is 11.8. The van der Waals surface area contributed by atoms with E-state index in [1.54, 1.807) is 7.11 Å². The highest BCUT2D eigenvalue weighted by molar-refractivity contribution is 5.90. The highest BCUT2D eigenvalue weighted by Gasteiger charge is 2.16. The van der Waals surface area contributed by atoms with Crippen LogP contribution in [0, 0.1) is 0 Å². The lowest BCUT2D eigenvalue weighted by Gasteiger charge is -2.10. The van der Waals surface area contributed by atoms with Crippen LogP contribution in [-0.4, -0.2) is 39.7 Å². The number of methoxy groups -OCH3 is 1. The van der Waals surface area contributed by atoms with E-state index in [4.69, 9.17) is 14.2 Å². The Morgan fingerprint density at radius 3 is 3.20 bits per heavy atom. The van der Waals surface area contributed by atoms with E-state index in [1.165, 1.54) is 0 Å². The molecule has 6 heteroatoms. The Bertz CT molecular complexity index is 451. The number of hydrogen-bond donors (Lipinski definition) is 2. The van der Waals surface area contributed by atoms with Crippen molar-refractivity contribution in [2.75, 3.05) is 39.0 Å². The Morgan fingerprint density at radius 2 is 2.35 bits per heavy atom. The molecule has 0 spiro atoms. The Morgan fingerprint density at radius 1 is 1.45 bits per heavy atom. The minimum Gasteiger partial charge on any atom is -0.493 e. The molecule has 1 aliphatic rings. The van der Waals surface area contributed by atoms with Gasteiger partial charge in [0.05, 0.1) is 13.2 Å². The number of urea groups is 1. The molecule has 2 amide bonds. The van der Waals surface area contributed by atoms with Gasteiger partial charge in [-0.3, -0.25) is 0 Å². The quantitative estimate of drug-likeness (QED) is 0.590. The first-order valence-electron chi connectivity index (χ1n) is 6.67. The number of rotatable bonds is 7. The number of nitrogens with one attached hydrogen (secondary N) is 2. The summed E-state index contributed by atoms with van der Waals surface area (Å²) in [6, 6.07) is 5.46. The van der Waals surface area contributed by atoms with E-state index in [2.05, 4.69) is 10.6 Å². The predicted molar refractivity (Wildman–Crippen MR) is 75.1 cm³/mol. The Balaban J connectivity index is 1.71. The summed E-state index contributed by atoms with van der Waals surface area (Å²) in [5.41, 5.74) is 1.87. The van der Waals surface area contributed by atoms with Crippen LogP contribution in [0.2, 0.25) is 0 Å². The lowest BCUT2D eigenvalue weighted by atomic mass is 10.1. The molecule has 0 radical (unpaired) electrons. The van der Waals surface area contributed by atoms with Gasteiger partial charge in [0, 0.05) is 31.3 Å². The summed E-state index contributed by atoms with van der Waals surface area (Å²) in [7, 11) is 1.58. The van der Waals surface area contributed by atoms with Crippen molar-refractivity contribution in [1.29, 1.82) is 0 Å². The van der Waals surface area contributed by atoms with Crippen LogP contribution < -0.4 is 15.4 Å². The fourth-order valence-electron chi connectivity index (χ4n) is 2.02. The molecule has 0 aliphatic carbocycles. The van der Waals surface area contributed by atoms with Crippen LogP contribution in [-0.2, 0) is 15.9 Å². The molecule has 1 heterocycles. The van der Waals surface area contributed by atoms with E-state index >= 15 is 0 Å². The van der Waals surface area contributed by atoms with Crippen LogP contribution >= 0.6 is 0 Å². The minimum absolute atomic E-state index is 0.211. The first-order valence-corrected chi connectivity index (χ1v) is 6.67. The van der Waals surface area contributed by atoms with E-state index in [0.717, 1.165) is 29.8 Å². The lowest BCUT2D eigenvalue weighted by Crippen LogP contribution is -2.30. The third-order valence-electron chi connectivity index (χ3n) is 2.94. The second-order valence-corrected chi connectivity index (χ2v) is 4.43. The largest absolute Gasteiger partial charge is 0.493 e. The van der Waals surface area contributed by atoms with Crippen molar-refractivity contribution in [2.45, 2.75) is 12.8 Å². The van der Waals surface area contributed by atoms with Gasteiger partial charge >= 0.3 is 6.03 Å². The summed E-state index contributed by atoms with van der Waals surface area (Å²) < 4.78 is 15.3. The SMILES string of the molecule is COCOCCCNC(=O)Nc1cccc2c1CCO2. The zero-order valence-corrected chi connectivity index (χ0v) is 11.6. The van der Waals surface area contributed by atoms with E-state index < -0.39 is 0 Å². The van der Waals surface area contributed by atoms with E-state index in [1.807, 2.05) is 18.2 Å². The van der Waals surface area contributed by atoms with Gasteiger partial charge in [-0.05, 0) is 18.6 Å². The second kappa shape index (κ2) is 7.72. The standard InChI is InChI=1S/C14H20N2O4/c1-18-10-19-8-3-7-15-14(17)16-12-4-2-5-13-11(12)6-9-20-13/h2,4-5H,3,6-10H2,1H3,(H2,15,16,17). The van der Waals surface area contributed by atoms with Gasteiger partial charge < -0.3 is 24.8 Å². The molecule has 1 aromatic rings. The number of hydrogen-bond acceptors (Lipinski definition) is 4. The van der Waals surface area contributed by atoms with Crippen molar-refractivity contribution in [2.24, 2.45) is 0 Å². The molecule has 0 saturated heterocycles. The molecule has 110 valence electrons. The third-order valence-corrected chi connectivity index (χ3v) is 2.94. The molecule has 0 saturated carbocycles. The van der Waals surface area contributed by atoms with Crippen molar-refractivity contribution in [3.8, 4) is 5.75 Å². The fraction of sp³-hybridized carbons (Fsp3) is 0.500. The van der Waals surface area contributed by atoms with E-state index in [0.29, 0.717) is 19.8 Å². The van der Waals surface area contributed by atoms with Gasteiger partial charge in [-0.25, -0.2) is 4.79 Å². The lowest BCUT2D eigenvalue weighted by molar-refractivity contribution is -0.0307. The Labute approximate surface area is 118 Å². The van der Waals surface area contributed by atoms with Crippen molar-refractivity contribution < 1.29 is 19.0 Å². The van der Waals surface area contributed by atoms with Crippen LogP contribution in [0.25, 0.3) is 0 Å². The molecular formula is C14H20N2O4. The number of carbonyl (C=O) groups is 1. The average Bonchev–Trinajstić information content (AvgIpc) is 2.92. The number of fused-ring (bicyclic) bond motifs is 1. The molecular weight excluding hydrogens is 260 g/mol. The summed E-state index contributed by atoms with van der Waals surface area (Å²) in [5, 5.41) is 5.64. The summed E-state index contributed by atoms with van der Waals surface area (Å²) >= 11 is 0. The molecule has 0 bridgehead atoms. The number of benzene rings is 1. The molecule has 0 unspecified atom stereocenters. The van der Waals surface area contributed by atoms with Crippen molar-refractivity contribution in [3.63, 3.8) is 0 Å². The highest BCUT2D eigenvalue weighted by atomic mass is 16.7. The smallest absolute Gasteiger partial charge is 0.319 e. The number of carbonyl (C=O) groups excluding carboxylic acids is 1. The van der Waals surface area contributed by atoms with Crippen LogP contribution in [0.15, 0.2) is 18.2 Å². The number of ether oxygens (including phenoxy) is 3. The van der Waals surface area contributed by atoms with Crippen molar-refractivity contribution in [1.82, 2.24) is 5.32 Å². The first kappa shape index (κ1) is 14.6. The van der Waals surface area contributed by atoms with Crippen molar-refractivity contribution >= 4 is 11.7 Å². The molecule has 1 aromatic carbocycles. The van der Waals surface area contributed by atoms with Gasteiger partial charge in [0.15, 0.2) is 0 Å². The first-order chi connectivity index (χ1) is 9.81. The molecule has 20 heavy (non-hydrogen) atoms. The molecule has 0 aromatic heterocycles. The van der Waals surface area contributed by atoms with Crippen LogP contribution in [0.5, 0.6) is 5.75 Å². The Kier molecular flexibility index (Phi) is 5.64. The maximum Gasteiger partial charge on any atom is 0.319 e. The fourth-order valence-corrected chi connectivity index (χ4v) is 2.02. The summed E-state index contributed by atoms with van der Waals surface area (Å²) in [6.07, 6.45) is 1.57. The topological polar surface area (TPSA) is 68.8 Å². The van der Waals surface area contributed by atoms with Gasteiger partial charge in [0.25, 0.3) is 0 Å². The van der Waals surface area contributed by atoms with Crippen LogP contribution in [0.1, 0.15) is 12.0 Å². The molecule has 2 N–H and O–H groups in total. The molecule has 0 fully saturated rings. The van der Waals surface area contributed by atoms with Gasteiger partial charge in [-0.2, -0.15) is 0 Å². The zero-order valence-electron chi connectivity index (χ0n) is 11.6. The van der Waals surface area contributed by atoms with Gasteiger partial charge in [0.2, 0.25) is 0 Å². The highest BCUT2D eigenvalue weighted by Crippen LogP contribution is 2.31. The normalized spacial score (nSPS) is 12.7. The minimum atomic E-state index is -0.211.